The number of hydrogen-bond acceptors (Lipinski definition) is 3. The number of halogens is 1. The highest BCUT2D eigenvalue weighted by Gasteiger charge is 2.27. The van der Waals surface area contributed by atoms with E-state index in [1.807, 2.05) is 61.5 Å². The monoisotopic (exact) mass is 418 g/mol. The lowest BCUT2D eigenvalue weighted by atomic mass is 10.1. The minimum absolute atomic E-state index is 0.00726. The lowest BCUT2D eigenvalue weighted by molar-refractivity contribution is -0.140. The fraction of sp³-hybridized carbons (Fsp3) is 0.364. The highest BCUT2D eigenvalue weighted by Crippen LogP contribution is 2.21. The third-order valence-corrected chi connectivity index (χ3v) is 5.78. The standard InChI is InChI=1S/C22H27ClN2O2S/c1-3-20(22(27)24-2)25(15-13-17-7-5-4-6-8-17)21(26)14-16-28-19-11-9-18(23)10-12-19/h4-12,20H,3,13-16H2,1-2H3,(H,24,27)/t20-/m0/s1. The van der Waals surface area contributed by atoms with E-state index in [0.29, 0.717) is 30.2 Å². The molecule has 6 heteroatoms. The van der Waals surface area contributed by atoms with Crippen molar-refractivity contribution in [1.29, 1.82) is 0 Å². The molecule has 4 nitrogen and oxygen atoms in total. The highest BCUT2D eigenvalue weighted by molar-refractivity contribution is 7.99. The molecule has 2 amide bonds. The van der Waals surface area contributed by atoms with E-state index in [0.717, 1.165) is 16.9 Å². The van der Waals surface area contributed by atoms with Crippen LogP contribution in [-0.2, 0) is 16.0 Å². The number of amides is 2. The van der Waals surface area contributed by atoms with Crippen molar-refractivity contribution in [1.82, 2.24) is 10.2 Å². The van der Waals surface area contributed by atoms with Gasteiger partial charge in [-0.1, -0.05) is 48.9 Å². The molecule has 0 aliphatic rings. The van der Waals surface area contributed by atoms with Crippen LogP contribution in [0.25, 0.3) is 0 Å². The summed E-state index contributed by atoms with van der Waals surface area (Å²) in [5.41, 5.74) is 1.16. The van der Waals surface area contributed by atoms with Crippen LogP contribution in [0.5, 0.6) is 0 Å². The molecule has 0 spiro atoms. The first-order valence-electron chi connectivity index (χ1n) is 9.48. The van der Waals surface area contributed by atoms with E-state index >= 15 is 0 Å². The lowest BCUT2D eigenvalue weighted by Gasteiger charge is -2.30. The van der Waals surface area contributed by atoms with Gasteiger partial charge in [0.15, 0.2) is 0 Å². The van der Waals surface area contributed by atoms with E-state index in [9.17, 15) is 9.59 Å². The number of hydrogen-bond donors (Lipinski definition) is 1. The van der Waals surface area contributed by atoms with Gasteiger partial charge in [-0.2, -0.15) is 0 Å². The number of thioether (sulfide) groups is 1. The molecule has 2 rings (SSSR count). The summed E-state index contributed by atoms with van der Waals surface area (Å²) in [7, 11) is 1.61. The zero-order chi connectivity index (χ0) is 20.4. The molecule has 28 heavy (non-hydrogen) atoms. The second-order valence-electron chi connectivity index (χ2n) is 6.41. The first-order valence-corrected chi connectivity index (χ1v) is 10.8. The Morgan fingerprint density at radius 1 is 1.11 bits per heavy atom. The molecule has 0 unspecified atom stereocenters. The maximum atomic E-state index is 12.9. The summed E-state index contributed by atoms with van der Waals surface area (Å²) in [4.78, 5) is 28.1. The molecule has 0 heterocycles. The minimum atomic E-state index is -0.443. The Labute approximate surface area is 176 Å². The summed E-state index contributed by atoms with van der Waals surface area (Å²) in [5, 5.41) is 3.38. The van der Waals surface area contributed by atoms with Gasteiger partial charge in [0.25, 0.3) is 0 Å². The summed E-state index contributed by atoms with van der Waals surface area (Å²) in [5.74, 6) is 0.550. The molecule has 0 aromatic heterocycles. The van der Waals surface area contributed by atoms with Crippen molar-refractivity contribution in [3.63, 3.8) is 0 Å². The van der Waals surface area contributed by atoms with Gasteiger partial charge < -0.3 is 10.2 Å². The van der Waals surface area contributed by atoms with Crippen molar-refractivity contribution >= 4 is 35.2 Å². The van der Waals surface area contributed by atoms with Crippen LogP contribution in [0.2, 0.25) is 5.02 Å². The quantitative estimate of drug-likeness (QED) is 0.581. The van der Waals surface area contributed by atoms with Crippen LogP contribution in [-0.4, -0.2) is 42.1 Å². The Balaban J connectivity index is 2.00. The number of carbonyl (C=O) groups is 2. The minimum Gasteiger partial charge on any atom is -0.357 e. The Morgan fingerprint density at radius 3 is 2.39 bits per heavy atom. The zero-order valence-corrected chi connectivity index (χ0v) is 17.9. The number of nitrogens with one attached hydrogen (secondary N) is 1. The van der Waals surface area contributed by atoms with Crippen LogP contribution in [0.3, 0.4) is 0 Å². The van der Waals surface area contributed by atoms with Gasteiger partial charge in [-0.25, -0.2) is 0 Å². The normalized spacial score (nSPS) is 11.7. The Bertz CT molecular complexity index is 753. The maximum absolute atomic E-state index is 12.9. The van der Waals surface area contributed by atoms with E-state index in [4.69, 9.17) is 11.6 Å². The average molecular weight is 419 g/mol. The second-order valence-corrected chi connectivity index (χ2v) is 8.02. The van der Waals surface area contributed by atoms with Crippen LogP contribution in [0.4, 0.5) is 0 Å². The van der Waals surface area contributed by atoms with Crippen LogP contribution in [0, 0.1) is 0 Å². The molecule has 0 bridgehead atoms. The number of likely N-dealkylation sites (N-methyl/N-ethyl adjacent to an activating group) is 1. The van der Waals surface area contributed by atoms with Crippen molar-refractivity contribution in [2.75, 3.05) is 19.3 Å². The largest absolute Gasteiger partial charge is 0.357 e. The van der Waals surface area contributed by atoms with Gasteiger partial charge in [0.2, 0.25) is 11.8 Å². The van der Waals surface area contributed by atoms with Gasteiger partial charge in [-0.05, 0) is 42.7 Å². The number of nitrogens with zero attached hydrogens (tertiary/aromatic N) is 1. The van der Waals surface area contributed by atoms with Gasteiger partial charge >= 0.3 is 0 Å². The predicted octanol–water partition coefficient (Wildman–Crippen LogP) is 4.42. The van der Waals surface area contributed by atoms with Crippen molar-refractivity contribution in [3.8, 4) is 0 Å². The topological polar surface area (TPSA) is 49.4 Å². The van der Waals surface area contributed by atoms with Crippen molar-refractivity contribution in [3.05, 3.63) is 65.2 Å². The second kappa shape index (κ2) is 11.8. The fourth-order valence-corrected chi connectivity index (χ4v) is 3.96. The van der Waals surface area contributed by atoms with Crippen LogP contribution in [0.15, 0.2) is 59.5 Å². The molecule has 0 saturated carbocycles. The van der Waals surface area contributed by atoms with Crippen LogP contribution < -0.4 is 5.32 Å². The molecule has 1 atom stereocenters. The molecule has 1 N–H and O–H groups in total. The predicted molar refractivity (Wildman–Crippen MR) is 117 cm³/mol. The molecule has 0 radical (unpaired) electrons. The number of rotatable bonds is 10. The molecule has 150 valence electrons. The third-order valence-electron chi connectivity index (χ3n) is 4.51. The van der Waals surface area contributed by atoms with E-state index in [1.54, 1.807) is 23.7 Å². The van der Waals surface area contributed by atoms with E-state index in [-0.39, 0.29) is 11.8 Å². The van der Waals surface area contributed by atoms with Crippen molar-refractivity contribution in [2.45, 2.75) is 37.1 Å². The van der Waals surface area contributed by atoms with Gasteiger partial charge in [0, 0.05) is 35.7 Å². The molecular formula is C22H27ClN2O2S. The molecule has 0 aliphatic carbocycles. The highest BCUT2D eigenvalue weighted by atomic mass is 35.5. The third kappa shape index (κ3) is 6.88. The van der Waals surface area contributed by atoms with Crippen LogP contribution >= 0.6 is 23.4 Å². The number of carbonyl (C=O) groups excluding carboxylic acids is 2. The van der Waals surface area contributed by atoms with Crippen molar-refractivity contribution in [2.24, 2.45) is 0 Å². The smallest absolute Gasteiger partial charge is 0.242 e. The summed E-state index contributed by atoms with van der Waals surface area (Å²) in [6.07, 6.45) is 1.70. The average Bonchev–Trinajstić information content (AvgIpc) is 2.72. The Morgan fingerprint density at radius 2 is 1.79 bits per heavy atom. The number of benzene rings is 2. The van der Waals surface area contributed by atoms with Gasteiger partial charge in [-0.3, -0.25) is 9.59 Å². The van der Waals surface area contributed by atoms with Crippen LogP contribution in [0.1, 0.15) is 25.3 Å². The molecule has 2 aromatic rings. The molecule has 0 aliphatic heterocycles. The van der Waals surface area contributed by atoms with Gasteiger partial charge in [0.05, 0.1) is 0 Å². The van der Waals surface area contributed by atoms with Gasteiger partial charge in [0.1, 0.15) is 6.04 Å². The van der Waals surface area contributed by atoms with E-state index < -0.39 is 6.04 Å². The first-order chi connectivity index (χ1) is 13.5. The Hall–Kier alpha value is -1.98. The SMILES string of the molecule is CC[C@@H](C(=O)NC)N(CCc1ccccc1)C(=O)CCSc1ccc(Cl)cc1. The summed E-state index contributed by atoms with van der Waals surface area (Å²) >= 11 is 7.53. The molecule has 0 saturated heterocycles. The fourth-order valence-electron chi connectivity index (χ4n) is 2.99. The summed E-state index contributed by atoms with van der Waals surface area (Å²) in [6, 6.07) is 17.2. The maximum Gasteiger partial charge on any atom is 0.242 e. The first kappa shape index (κ1) is 22.3. The summed E-state index contributed by atoms with van der Waals surface area (Å²) in [6.45, 7) is 2.46. The molecule has 0 fully saturated rings. The molecule has 2 aromatic carbocycles. The molecular weight excluding hydrogens is 392 g/mol. The zero-order valence-electron chi connectivity index (χ0n) is 16.4. The van der Waals surface area contributed by atoms with Crippen molar-refractivity contribution < 1.29 is 9.59 Å². The lowest BCUT2D eigenvalue weighted by Crippen LogP contribution is -2.49. The van der Waals surface area contributed by atoms with Gasteiger partial charge in [-0.15, -0.1) is 11.8 Å². The van der Waals surface area contributed by atoms with E-state index in [1.165, 1.54) is 0 Å². The summed E-state index contributed by atoms with van der Waals surface area (Å²) < 4.78 is 0. The Kier molecular flexibility index (Phi) is 9.38. The van der Waals surface area contributed by atoms with E-state index in [2.05, 4.69) is 5.32 Å².